The number of hydrogen-bond donors (Lipinski definition) is 1. The summed E-state index contributed by atoms with van der Waals surface area (Å²) in [5, 5.41) is 11.1. The molecular formula is C29H57N5O7. The third-order valence-corrected chi connectivity index (χ3v) is 5.37. The number of likely N-dealkylation sites (tertiary alicyclic amines) is 1. The van der Waals surface area contributed by atoms with E-state index in [0.29, 0.717) is 71.5 Å². The molecule has 1 N–H and O–H groups in total. The number of unbranched alkanes of at least 4 members (excludes halogenated alkanes) is 2. The highest BCUT2D eigenvalue weighted by atomic mass is 16.6. The standard InChI is InChI=1S/C19H30N4O7.C6H15N.2C2H6/c1-16-13-18(25)23(19(16)26)15-17-14-22(21-20-17)3-6-28-8-10-30-12-11-29-9-7-27-5-2-4-24;1-3-4-5-6-7-2;2*1-2/h4,14,16H,2-3,5-13,15H2,1H3;7H,3-6H2,1-2H3;2*1-2H3. The van der Waals surface area contributed by atoms with Crippen molar-refractivity contribution in [3.63, 3.8) is 0 Å². The smallest absolute Gasteiger partial charge is 0.232 e. The van der Waals surface area contributed by atoms with Crippen LogP contribution in [0.3, 0.4) is 0 Å². The molecular weight excluding hydrogens is 530 g/mol. The first-order valence-corrected chi connectivity index (χ1v) is 15.2. The number of ether oxygens (including phenoxy) is 4. The molecule has 12 heteroatoms. The predicted molar refractivity (Wildman–Crippen MR) is 159 cm³/mol. The third kappa shape index (κ3) is 22.1. The monoisotopic (exact) mass is 587 g/mol. The Morgan fingerprint density at radius 1 is 0.927 bits per heavy atom. The van der Waals surface area contributed by atoms with Crippen LogP contribution in [0.2, 0.25) is 0 Å². The molecule has 1 aromatic heterocycles. The van der Waals surface area contributed by atoms with Crippen molar-refractivity contribution in [3.05, 3.63) is 11.9 Å². The zero-order valence-corrected chi connectivity index (χ0v) is 26.7. The van der Waals surface area contributed by atoms with Gasteiger partial charge in [-0.1, -0.05) is 59.6 Å². The second kappa shape index (κ2) is 30.7. The van der Waals surface area contributed by atoms with Gasteiger partial charge in [-0.15, -0.1) is 5.10 Å². The summed E-state index contributed by atoms with van der Waals surface area (Å²) >= 11 is 0. The van der Waals surface area contributed by atoms with Crippen LogP contribution in [0.25, 0.3) is 0 Å². The summed E-state index contributed by atoms with van der Waals surface area (Å²) in [6.45, 7) is 17.5. The van der Waals surface area contributed by atoms with Gasteiger partial charge in [0, 0.05) is 18.8 Å². The second-order valence-corrected chi connectivity index (χ2v) is 8.61. The molecule has 2 heterocycles. The molecule has 2 amide bonds. The van der Waals surface area contributed by atoms with Crippen molar-refractivity contribution in [1.29, 1.82) is 0 Å². The van der Waals surface area contributed by atoms with E-state index in [-0.39, 0.29) is 30.7 Å². The van der Waals surface area contributed by atoms with Gasteiger partial charge in [0.25, 0.3) is 0 Å². The van der Waals surface area contributed by atoms with Gasteiger partial charge in [0.2, 0.25) is 11.8 Å². The molecule has 1 unspecified atom stereocenters. The van der Waals surface area contributed by atoms with E-state index in [2.05, 4.69) is 22.6 Å². The van der Waals surface area contributed by atoms with E-state index < -0.39 is 0 Å². The second-order valence-electron chi connectivity index (χ2n) is 8.61. The quantitative estimate of drug-likeness (QED) is 0.130. The lowest BCUT2D eigenvalue weighted by Gasteiger charge is -2.11. The molecule has 41 heavy (non-hydrogen) atoms. The number of amides is 2. The summed E-state index contributed by atoms with van der Waals surface area (Å²) in [4.78, 5) is 35.1. The van der Waals surface area contributed by atoms with Gasteiger partial charge in [-0.3, -0.25) is 14.5 Å². The zero-order chi connectivity index (χ0) is 31.1. The van der Waals surface area contributed by atoms with Crippen LogP contribution in [0, 0.1) is 5.92 Å². The molecule has 0 aliphatic carbocycles. The first kappa shape index (κ1) is 40.9. The van der Waals surface area contributed by atoms with Gasteiger partial charge in [-0.2, -0.15) is 0 Å². The van der Waals surface area contributed by atoms with Crippen LogP contribution in [0.5, 0.6) is 0 Å². The van der Waals surface area contributed by atoms with E-state index >= 15 is 0 Å². The zero-order valence-electron chi connectivity index (χ0n) is 26.7. The average molecular weight is 588 g/mol. The molecule has 1 fully saturated rings. The van der Waals surface area contributed by atoms with Gasteiger partial charge in [-0.05, 0) is 20.0 Å². The maximum atomic E-state index is 11.9. The Morgan fingerprint density at radius 2 is 1.49 bits per heavy atom. The molecule has 0 saturated carbocycles. The van der Waals surface area contributed by atoms with Crippen molar-refractivity contribution in [3.8, 4) is 0 Å². The summed E-state index contributed by atoms with van der Waals surface area (Å²) in [6, 6.07) is 0. The molecule has 1 saturated heterocycles. The van der Waals surface area contributed by atoms with Gasteiger partial charge < -0.3 is 29.1 Å². The topological polar surface area (TPSA) is 134 Å². The Morgan fingerprint density at radius 3 is 1.98 bits per heavy atom. The SMILES string of the molecule is CC.CC.CC1CC(=O)N(Cc2cn(CCOCCOCCOCCOCCC=O)nn2)C1=O.CCCCCNC. The highest BCUT2D eigenvalue weighted by molar-refractivity contribution is 6.03. The summed E-state index contributed by atoms with van der Waals surface area (Å²) in [7, 11) is 2.00. The molecule has 1 aliphatic heterocycles. The molecule has 0 radical (unpaired) electrons. The van der Waals surface area contributed by atoms with Crippen molar-refractivity contribution in [1.82, 2.24) is 25.2 Å². The van der Waals surface area contributed by atoms with E-state index in [9.17, 15) is 14.4 Å². The Kier molecular flexibility index (Phi) is 30.6. The normalized spacial score (nSPS) is 14.0. The molecule has 0 aromatic carbocycles. The lowest BCUT2D eigenvalue weighted by Crippen LogP contribution is -2.29. The lowest BCUT2D eigenvalue weighted by atomic mass is 10.1. The molecule has 1 atom stereocenters. The van der Waals surface area contributed by atoms with Crippen molar-refractivity contribution in [2.75, 3.05) is 66.4 Å². The number of carbonyl (C=O) groups excluding carboxylic acids is 3. The predicted octanol–water partition coefficient (Wildman–Crippen LogP) is 3.28. The minimum absolute atomic E-state index is 0.156. The fourth-order valence-corrected chi connectivity index (χ4v) is 3.30. The number of aromatic nitrogens is 3. The molecule has 0 spiro atoms. The Balaban J connectivity index is 0. The highest BCUT2D eigenvalue weighted by Gasteiger charge is 2.35. The van der Waals surface area contributed by atoms with Crippen molar-refractivity contribution >= 4 is 18.1 Å². The number of hydrogen-bond acceptors (Lipinski definition) is 10. The fraction of sp³-hybridized carbons (Fsp3) is 0.828. The highest BCUT2D eigenvalue weighted by Crippen LogP contribution is 2.20. The van der Waals surface area contributed by atoms with Gasteiger partial charge in [-0.25, -0.2) is 4.68 Å². The Labute approximate surface area is 247 Å². The van der Waals surface area contributed by atoms with Crippen LogP contribution in [-0.4, -0.2) is 104 Å². The fourth-order valence-electron chi connectivity index (χ4n) is 3.30. The van der Waals surface area contributed by atoms with Crippen LogP contribution < -0.4 is 5.32 Å². The maximum Gasteiger partial charge on any atom is 0.232 e. The van der Waals surface area contributed by atoms with Crippen molar-refractivity contribution in [2.24, 2.45) is 5.92 Å². The lowest BCUT2D eigenvalue weighted by molar-refractivity contribution is -0.140. The van der Waals surface area contributed by atoms with E-state index in [1.54, 1.807) is 17.8 Å². The largest absolute Gasteiger partial charge is 0.379 e. The van der Waals surface area contributed by atoms with E-state index in [1.807, 2.05) is 34.7 Å². The number of nitrogens with zero attached hydrogens (tertiary/aromatic N) is 4. The minimum atomic E-state index is -0.261. The van der Waals surface area contributed by atoms with Crippen LogP contribution >= 0.6 is 0 Å². The summed E-state index contributed by atoms with van der Waals surface area (Å²) in [5.41, 5.74) is 0.572. The summed E-state index contributed by atoms with van der Waals surface area (Å²) < 4.78 is 23.0. The summed E-state index contributed by atoms with van der Waals surface area (Å²) in [5.74, 6) is -0.590. The van der Waals surface area contributed by atoms with E-state index in [1.165, 1.54) is 30.7 Å². The number of aldehydes is 1. The van der Waals surface area contributed by atoms with Gasteiger partial charge in [0.1, 0.15) is 12.0 Å². The average Bonchev–Trinajstić information content (AvgIpc) is 3.54. The maximum absolute atomic E-state index is 11.9. The number of imide groups is 1. The van der Waals surface area contributed by atoms with Crippen molar-refractivity contribution in [2.45, 2.75) is 86.7 Å². The van der Waals surface area contributed by atoms with Gasteiger partial charge >= 0.3 is 0 Å². The molecule has 1 aromatic rings. The van der Waals surface area contributed by atoms with Gasteiger partial charge in [0.15, 0.2) is 0 Å². The van der Waals surface area contributed by atoms with E-state index in [0.717, 1.165) is 6.29 Å². The minimum Gasteiger partial charge on any atom is -0.379 e. The molecule has 240 valence electrons. The summed E-state index contributed by atoms with van der Waals surface area (Å²) in [6.07, 6.45) is 7.20. The van der Waals surface area contributed by atoms with Crippen LogP contribution in [0.4, 0.5) is 0 Å². The van der Waals surface area contributed by atoms with E-state index in [4.69, 9.17) is 18.9 Å². The van der Waals surface area contributed by atoms with Crippen molar-refractivity contribution < 1.29 is 33.3 Å². The number of carbonyl (C=O) groups is 3. The van der Waals surface area contributed by atoms with Crippen LogP contribution in [0.1, 0.15) is 79.3 Å². The van der Waals surface area contributed by atoms with Crippen LogP contribution in [-0.2, 0) is 46.4 Å². The van der Waals surface area contributed by atoms with Crippen LogP contribution in [0.15, 0.2) is 6.20 Å². The van der Waals surface area contributed by atoms with Gasteiger partial charge in [0.05, 0.1) is 72.1 Å². The third-order valence-electron chi connectivity index (χ3n) is 5.37. The molecule has 2 rings (SSSR count). The molecule has 12 nitrogen and oxygen atoms in total. The first-order valence-electron chi connectivity index (χ1n) is 15.2. The number of rotatable bonds is 21. The first-order chi connectivity index (χ1) is 20.0. The number of nitrogens with one attached hydrogen (secondary N) is 1. The Hall–Kier alpha value is -2.25. The Bertz CT molecular complexity index is 745. The molecule has 0 bridgehead atoms. The molecule has 1 aliphatic rings.